The fraction of sp³-hybridized carbons (Fsp3) is 0.200. The molecule has 0 aliphatic carbocycles. The van der Waals surface area contributed by atoms with Crippen LogP contribution in [0, 0.1) is 0 Å². The third-order valence-electron chi connectivity index (χ3n) is 3.85. The molecule has 0 radical (unpaired) electrons. The second-order valence-electron chi connectivity index (χ2n) is 5.67. The van der Waals surface area contributed by atoms with Gasteiger partial charge in [-0.25, -0.2) is 18.0 Å². The lowest BCUT2D eigenvalue weighted by Gasteiger charge is -2.09. The molecule has 142 valence electrons. The van der Waals surface area contributed by atoms with Crippen molar-refractivity contribution in [2.45, 2.75) is 11.4 Å². The van der Waals surface area contributed by atoms with Crippen LogP contribution in [0.15, 0.2) is 39.0 Å². The number of ether oxygens (including phenoxy) is 1. The summed E-state index contributed by atoms with van der Waals surface area (Å²) < 4.78 is 30.4. The van der Waals surface area contributed by atoms with Gasteiger partial charge in [0.25, 0.3) is 14.6 Å². The van der Waals surface area contributed by atoms with Crippen LogP contribution in [0.5, 0.6) is 0 Å². The average Bonchev–Trinajstić information content (AvgIpc) is 3.01. The summed E-state index contributed by atoms with van der Waals surface area (Å²) in [6, 6.07) is 1.94. The highest BCUT2D eigenvalue weighted by Gasteiger charge is 2.21. The van der Waals surface area contributed by atoms with Crippen molar-refractivity contribution in [3.05, 3.63) is 56.5 Å². The van der Waals surface area contributed by atoms with Crippen LogP contribution in [0.2, 0.25) is 0 Å². The van der Waals surface area contributed by atoms with Gasteiger partial charge in [-0.1, -0.05) is 0 Å². The Hall–Kier alpha value is -2.92. The van der Waals surface area contributed by atoms with Crippen LogP contribution in [-0.2, 0) is 27.4 Å². The Labute approximate surface area is 156 Å². The smallest absolute Gasteiger partial charge is 0.340 e. The minimum absolute atomic E-state index is 0.0939. The van der Waals surface area contributed by atoms with Gasteiger partial charge in [0.2, 0.25) is 0 Å². The van der Waals surface area contributed by atoms with E-state index in [1.807, 2.05) is 0 Å². The topological polar surface area (TPSA) is 133 Å². The lowest BCUT2D eigenvalue weighted by molar-refractivity contribution is 0.0602. The number of hydrogen-bond donors (Lipinski definition) is 1. The second-order valence-corrected chi connectivity index (χ2v) is 8.23. The van der Waals surface area contributed by atoms with Crippen molar-refractivity contribution in [2.75, 3.05) is 7.11 Å². The normalized spacial score (nSPS) is 11.7. The Morgan fingerprint density at radius 2 is 2.04 bits per heavy atom. The van der Waals surface area contributed by atoms with E-state index >= 15 is 0 Å². The van der Waals surface area contributed by atoms with Crippen LogP contribution in [0.3, 0.4) is 0 Å². The molecule has 0 atom stereocenters. The van der Waals surface area contributed by atoms with E-state index in [0.29, 0.717) is 5.56 Å². The lowest BCUT2D eigenvalue weighted by Crippen LogP contribution is -2.35. The number of rotatable bonds is 4. The molecule has 2 aromatic heterocycles. The molecule has 3 aromatic rings. The summed E-state index contributed by atoms with van der Waals surface area (Å²) in [6.07, 6.45) is 3.10. The fourth-order valence-electron chi connectivity index (χ4n) is 2.62. The van der Waals surface area contributed by atoms with Gasteiger partial charge in [0.1, 0.15) is 0 Å². The molecular weight excluding hydrogens is 400 g/mol. The van der Waals surface area contributed by atoms with E-state index in [1.165, 1.54) is 10.9 Å². The van der Waals surface area contributed by atoms with Crippen LogP contribution < -0.4 is 11.2 Å². The molecule has 27 heavy (non-hydrogen) atoms. The van der Waals surface area contributed by atoms with E-state index < -0.39 is 31.2 Å². The molecule has 0 amide bonds. The summed E-state index contributed by atoms with van der Waals surface area (Å²) in [5, 5.41) is 3.77. The number of carbonyl (C=O) groups excluding carboxylic acids is 1. The Kier molecular flexibility index (Phi) is 4.66. The van der Waals surface area contributed by atoms with Crippen LogP contribution in [0.4, 0.5) is 0 Å². The van der Waals surface area contributed by atoms with Gasteiger partial charge >= 0.3 is 11.7 Å². The Balaban J connectivity index is 2.35. The summed E-state index contributed by atoms with van der Waals surface area (Å²) in [4.78, 5) is 39.2. The summed E-state index contributed by atoms with van der Waals surface area (Å²) in [6.45, 7) is -0.0939. The number of hydrogen-bond acceptors (Lipinski definition) is 7. The second kappa shape index (κ2) is 6.67. The van der Waals surface area contributed by atoms with Crippen LogP contribution >= 0.6 is 10.7 Å². The van der Waals surface area contributed by atoms with Gasteiger partial charge in [-0.3, -0.25) is 14.0 Å². The number of esters is 1. The predicted molar refractivity (Wildman–Crippen MR) is 95.5 cm³/mol. The number of carbonyl (C=O) groups is 1. The summed E-state index contributed by atoms with van der Waals surface area (Å²) in [5.74, 6) is -0.928. The number of halogens is 1. The highest BCUT2D eigenvalue weighted by molar-refractivity contribution is 8.13. The number of aromatic amines is 1. The van der Waals surface area contributed by atoms with Gasteiger partial charge in [-0.15, -0.1) is 0 Å². The number of benzene rings is 1. The van der Waals surface area contributed by atoms with E-state index in [2.05, 4.69) is 14.8 Å². The minimum Gasteiger partial charge on any atom is -0.465 e. The number of nitrogens with zero attached hydrogens (tertiary/aromatic N) is 3. The van der Waals surface area contributed by atoms with Crippen molar-refractivity contribution < 1.29 is 17.9 Å². The highest BCUT2D eigenvalue weighted by atomic mass is 35.7. The Bertz CT molecular complexity index is 1290. The summed E-state index contributed by atoms with van der Waals surface area (Å²) in [7, 11) is 3.88. The minimum atomic E-state index is -4.24. The van der Waals surface area contributed by atoms with Crippen molar-refractivity contribution >= 4 is 36.6 Å². The average molecular weight is 413 g/mol. The fourth-order valence-corrected chi connectivity index (χ4v) is 3.41. The number of methoxy groups -OCH3 is 1. The first kappa shape index (κ1) is 18.9. The molecule has 0 saturated heterocycles. The first-order valence-corrected chi connectivity index (χ1v) is 9.74. The van der Waals surface area contributed by atoms with E-state index in [9.17, 15) is 22.8 Å². The highest BCUT2D eigenvalue weighted by Crippen LogP contribution is 2.23. The first-order valence-electron chi connectivity index (χ1n) is 7.43. The number of aromatic nitrogens is 4. The van der Waals surface area contributed by atoms with Gasteiger partial charge in [0.05, 0.1) is 41.2 Å². The van der Waals surface area contributed by atoms with Gasteiger partial charge in [0, 0.05) is 29.5 Å². The lowest BCUT2D eigenvalue weighted by atomic mass is 10.1. The zero-order chi connectivity index (χ0) is 19.9. The molecule has 0 spiro atoms. The van der Waals surface area contributed by atoms with E-state index in [0.717, 1.165) is 23.8 Å². The standard InChI is InChI=1S/C15H13ClN4O6S/c1-19-6-8(5-17-19)7-20-13(21)10-3-9(27(16,24)25)4-11(14(22)26-2)12(10)18-15(20)23/h3-6H,7H2,1-2H3,(H,18,23). The summed E-state index contributed by atoms with van der Waals surface area (Å²) in [5.41, 5.74) is -1.41. The largest absolute Gasteiger partial charge is 0.465 e. The first-order chi connectivity index (χ1) is 12.6. The molecule has 12 heteroatoms. The molecule has 1 aromatic carbocycles. The van der Waals surface area contributed by atoms with Crippen LogP contribution in [0.25, 0.3) is 10.9 Å². The number of nitrogens with one attached hydrogen (secondary N) is 1. The molecule has 1 N–H and O–H groups in total. The van der Waals surface area contributed by atoms with E-state index in [-0.39, 0.29) is 23.0 Å². The third-order valence-corrected chi connectivity index (χ3v) is 5.18. The number of aryl methyl sites for hydroxylation is 1. The van der Waals surface area contributed by atoms with Crippen molar-refractivity contribution in [3.63, 3.8) is 0 Å². The Morgan fingerprint density at radius 3 is 2.59 bits per heavy atom. The van der Waals surface area contributed by atoms with E-state index in [4.69, 9.17) is 10.7 Å². The molecule has 0 unspecified atom stereocenters. The predicted octanol–water partition coefficient (Wildman–Crippen LogP) is 0.186. The van der Waals surface area contributed by atoms with Crippen LogP contribution in [-0.4, -0.2) is 40.8 Å². The van der Waals surface area contributed by atoms with E-state index in [1.54, 1.807) is 13.2 Å². The van der Waals surface area contributed by atoms with Gasteiger partial charge < -0.3 is 9.72 Å². The van der Waals surface area contributed by atoms with Crippen molar-refractivity contribution in [1.29, 1.82) is 0 Å². The molecule has 3 rings (SSSR count). The van der Waals surface area contributed by atoms with Crippen LogP contribution in [0.1, 0.15) is 15.9 Å². The van der Waals surface area contributed by atoms with Gasteiger partial charge in [0.15, 0.2) is 0 Å². The molecule has 0 bridgehead atoms. The molecule has 0 saturated carbocycles. The maximum absolute atomic E-state index is 12.8. The monoisotopic (exact) mass is 412 g/mol. The number of H-pyrrole nitrogens is 1. The maximum atomic E-state index is 12.8. The van der Waals surface area contributed by atoms with Crippen molar-refractivity contribution in [3.8, 4) is 0 Å². The van der Waals surface area contributed by atoms with Gasteiger partial charge in [-0.05, 0) is 12.1 Å². The quantitative estimate of drug-likeness (QED) is 0.477. The van der Waals surface area contributed by atoms with Gasteiger partial charge in [-0.2, -0.15) is 5.10 Å². The van der Waals surface area contributed by atoms with Crippen molar-refractivity contribution in [1.82, 2.24) is 19.3 Å². The molecule has 0 fully saturated rings. The third kappa shape index (κ3) is 3.51. The number of fused-ring (bicyclic) bond motifs is 1. The maximum Gasteiger partial charge on any atom is 0.340 e. The Morgan fingerprint density at radius 1 is 1.33 bits per heavy atom. The molecular formula is C15H13ClN4O6S. The molecule has 0 aliphatic heterocycles. The SMILES string of the molecule is COC(=O)c1cc(S(=O)(=O)Cl)cc2c(=O)n(Cc3cnn(C)c3)c(=O)[nH]c12. The molecule has 2 heterocycles. The zero-order valence-electron chi connectivity index (χ0n) is 14.1. The zero-order valence-corrected chi connectivity index (χ0v) is 15.7. The molecule has 10 nitrogen and oxygen atoms in total. The summed E-state index contributed by atoms with van der Waals surface area (Å²) >= 11 is 0. The van der Waals surface area contributed by atoms with Crippen molar-refractivity contribution in [2.24, 2.45) is 7.05 Å². The molecule has 0 aliphatic rings.